The Hall–Kier alpha value is -2.80. The van der Waals surface area contributed by atoms with Gasteiger partial charge in [-0.05, 0) is 24.3 Å². The largest absolute Gasteiger partial charge is 0.496 e. The molecule has 0 unspecified atom stereocenters. The highest BCUT2D eigenvalue weighted by atomic mass is 16.5. The Morgan fingerprint density at radius 3 is 2.80 bits per heavy atom. The van der Waals surface area contributed by atoms with Crippen molar-refractivity contribution in [3.8, 4) is 11.8 Å². The van der Waals surface area contributed by atoms with Crippen LogP contribution in [0.2, 0.25) is 0 Å². The van der Waals surface area contributed by atoms with E-state index in [-0.39, 0.29) is 5.91 Å². The van der Waals surface area contributed by atoms with Crippen LogP contribution in [0, 0.1) is 11.3 Å². The monoisotopic (exact) mass is 266 g/mol. The van der Waals surface area contributed by atoms with Gasteiger partial charge in [0, 0.05) is 17.7 Å². The second-order valence-corrected chi connectivity index (χ2v) is 4.19. The Morgan fingerprint density at radius 1 is 1.25 bits per heavy atom. The van der Waals surface area contributed by atoms with E-state index in [0.29, 0.717) is 17.7 Å². The standard InChI is InChI=1S/C16H14N2O2/c1-20-15-8-3-2-6-14(15)11-18-16(19)13-7-4-5-12(9-13)10-17/h2-9H,11H2,1H3,(H,18,19). The van der Waals surface area contributed by atoms with Crippen LogP contribution in [0.1, 0.15) is 21.5 Å². The first-order valence-electron chi connectivity index (χ1n) is 6.15. The lowest BCUT2D eigenvalue weighted by molar-refractivity contribution is 0.0950. The van der Waals surface area contributed by atoms with E-state index >= 15 is 0 Å². The first kappa shape index (κ1) is 13.6. The van der Waals surface area contributed by atoms with Crippen molar-refractivity contribution in [3.63, 3.8) is 0 Å². The summed E-state index contributed by atoms with van der Waals surface area (Å²) in [4.78, 5) is 12.0. The first-order valence-corrected chi connectivity index (χ1v) is 6.15. The molecule has 0 spiro atoms. The van der Waals surface area contributed by atoms with Crippen molar-refractivity contribution in [2.45, 2.75) is 6.54 Å². The molecule has 1 N–H and O–H groups in total. The van der Waals surface area contributed by atoms with Crippen molar-refractivity contribution >= 4 is 5.91 Å². The van der Waals surface area contributed by atoms with Crippen LogP contribution in [-0.2, 0) is 6.54 Å². The minimum Gasteiger partial charge on any atom is -0.496 e. The van der Waals surface area contributed by atoms with Gasteiger partial charge in [-0.2, -0.15) is 5.26 Å². The van der Waals surface area contributed by atoms with Crippen molar-refractivity contribution in [1.82, 2.24) is 5.32 Å². The quantitative estimate of drug-likeness (QED) is 0.924. The molecule has 0 aromatic heterocycles. The predicted octanol–water partition coefficient (Wildman–Crippen LogP) is 2.50. The summed E-state index contributed by atoms with van der Waals surface area (Å²) in [6, 6.07) is 16.1. The van der Waals surface area contributed by atoms with E-state index in [9.17, 15) is 4.79 Å². The highest BCUT2D eigenvalue weighted by molar-refractivity contribution is 5.94. The van der Waals surface area contributed by atoms with Crippen molar-refractivity contribution in [3.05, 3.63) is 65.2 Å². The normalized spacial score (nSPS) is 9.60. The molecular weight excluding hydrogens is 252 g/mol. The predicted molar refractivity (Wildman–Crippen MR) is 75.3 cm³/mol. The van der Waals surface area contributed by atoms with Gasteiger partial charge in [-0.15, -0.1) is 0 Å². The molecule has 0 fully saturated rings. The van der Waals surface area contributed by atoms with Gasteiger partial charge in [0.25, 0.3) is 5.91 Å². The molecule has 0 saturated heterocycles. The molecule has 20 heavy (non-hydrogen) atoms. The van der Waals surface area contributed by atoms with E-state index in [1.165, 1.54) is 0 Å². The number of carbonyl (C=O) groups excluding carboxylic acids is 1. The summed E-state index contributed by atoms with van der Waals surface area (Å²) in [5, 5.41) is 11.6. The fourth-order valence-corrected chi connectivity index (χ4v) is 1.86. The molecule has 4 nitrogen and oxygen atoms in total. The third-order valence-electron chi connectivity index (χ3n) is 2.89. The lowest BCUT2D eigenvalue weighted by atomic mass is 10.1. The van der Waals surface area contributed by atoms with Gasteiger partial charge in [-0.3, -0.25) is 4.79 Å². The van der Waals surface area contributed by atoms with Gasteiger partial charge in [0.2, 0.25) is 0 Å². The molecule has 2 aromatic rings. The van der Waals surface area contributed by atoms with E-state index in [4.69, 9.17) is 10.00 Å². The molecule has 0 bridgehead atoms. The highest BCUT2D eigenvalue weighted by Gasteiger charge is 2.07. The van der Waals surface area contributed by atoms with Crippen LogP contribution in [0.4, 0.5) is 0 Å². The zero-order chi connectivity index (χ0) is 14.4. The Bertz CT molecular complexity index is 660. The summed E-state index contributed by atoms with van der Waals surface area (Å²) in [5.74, 6) is 0.520. The summed E-state index contributed by atoms with van der Waals surface area (Å²) in [5.41, 5.74) is 1.84. The summed E-state index contributed by atoms with van der Waals surface area (Å²) in [6.45, 7) is 0.375. The SMILES string of the molecule is COc1ccccc1CNC(=O)c1cccc(C#N)c1. The third-order valence-corrected chi connectivity index (χ3v) is 2.89. The first-order chi connectivity index (χ1) is 9.74. The van der Waals surface area contributed by atoms with Gasteiger partial charge in [0.05, 0.1) is 18.7 Å². The number of para-hydroxylation sites is 1. The van der Waals surface area contributed by atoms with Crippen LogP contribution >= 0.6 is 0 Å². The minimum absolute atomic E-state index is 0.215. The second kappa shape index (κ2) is 6.39. The van der Waals surface area contributed by atoms with E-state index in [0.717, 1.165) is 11.3 Å². The number of nitriles is 1. The summed E-state index contributed by atoms with van der Waals surface area (Å²) in [6.07, 6.45) is 0. The van der Waals surface area contributed by atoms with E-state index < -0.39 is 0 Å². The number of nitrogens with zero attached hydrogens (tertiary/aromatic N) is 1. The lowest BCUT2D eigenvalue weighted by Gasteiger charge is -2.09. The zero-order valence-electron chi connectivity index (χ0n) is 11.1. The van der Waals surface area contributed by atoms with Crippen LogP contribution < -0.4 is 10.1 Å². The number of ether oxygens (including phenoxy) is 1. The number of benzene rings is 2. The summed E-state index contributed by atoms with van der Waals surface area (Å²) >= 11 is 0. The molecule has 2 rings (SSSR count). The van der Waals surface area contributed by atoms with E-state index in [1.807, 2.05) is 30.3 Å². The summed E-state index contributed by atoms with van der Waals surface area (Å²) in [7, 11) is 1.59. The number of hydrogen-bond acceptors (Lipinski definition) is 3. The molecule has 0 aliphatic rings. The lowest BCUT2D eigenvalue weighted by Crippen LogP contribution is -2.23. The van der Waals surface area contributed by atoms with Gasteiger partial charge in [-0.1, -0.05) is 24.3 Å². The fraction of sp³-hybridized carbons (Fsp3) is 0.125. The number of carbonyl (C=O) groups is 1. The number of rotatable bonds is 4. The molecule has 0 aliphatic carbocycles. The molecule has 0 radical (unpaired) electrons. The van der Waals surface area contributed by atoms with Gasteiger partial charge in [-0.25, -0.2) is 0 Å². The van der Waals surface area contributed by atoms with E-state index in [2.05, 4.69) is 5.32 Å². The number of hydrogen-bond donors (Lipinski definition) is 1. The third kappa shape index (κ3) is 3.15. The average molecular weight is 266 g/mol. The number of methoxy groups -OCH3 is 1. The minimum atomic E-state index is -0.215. The highest BCUT2D eigenvalue weighted by Crippen LogP contribution is 2.16. The molecule has 0 atom stereocenters. The van der Waals surface area contributed by atoms with Gasteiger partial charge >= 0.3 is 0 Å². The summed E-state index contributed by atoms with van der Waals surface area (Å²) < 4.78 is 5.23. The van der Waals surface area contributed by atoms with Crippen molar-refractivity contribution < 1.29 is 9.53 Å². The van der Waals surface area contributed by atoms with Crippen molar-refractivity contribution in [2.24, 2.45) is 0 Å². The molecular formula is C16H14N2O2. The molecule has 2 aromatic carbocycles. The van der Waals surface area contributed by atoms with Gasteiger partial charge in [0.15, 0.2) is 0 Å². The Labute approximate surface area is 117 Å². The molecule has 100 valence electrons. The molecule has 1 amide bonds. The van der Waals surface area contributed by atoms with Crippen molar-refractivity contribution in [2.75, 3.05) is 7.11 Å². The zero-order valence-corrected chi connectivity index (χ0v) is 11.1. The van der Waals surface area contributed by atoms with Crippen LogP contribution in [0.5, 0.6) is 5.75 Å². The van der Waals surface area contributed by atoms with Crippen LogP contribution in [0.3, 0.4) is 0 Å². The van der Waals surface area contributed by atoms with E-state index in [1.54, 1.807) is 31.4 Å². The maximum atomic E-state index is 12.0. The molecule has 4 heteroatoms. The van der Waals surface area contributed by atoms with Crippen molar-refractivity contribution in [1.29, 1.82) is 5.26 Å². The Kier molecular flexibility index (Phi) is 4.35. The van der Waals surface area contributed by atoms with Crippen LogP contribution in [0.15, 0.2) is 48.5 Å². The average Bonchev–Trinajstić information content (AvgIpc) is 2.52. The Morgan fingerprint density at radius 2 is 2.05 bits per heavy atom. The molecule has 0 aliphatic heterocycles. The smallest absolute Gasteiger partial charge is 0.251 e. The van der Waals surface area contributed by atoms with Crippen LogP contribution in [-0.4, -0.2) is 13.0 Å². The number of nitrogens with one attached hydrogen (secondary N) is 1. The maximum absolute atomic E-state index is 12.0. The molecule has 0 heterocycles. The fourth-order valence-electron chi connectivity index (χ4n) is 1.86. The van der Waals surface area contributed by atoms with Crippen LogP contribution in [0.25, 0.3) is 0 Å². The Balaban J connectivity index is 2.07. The second-order valence-electron chi connectivity index (χ2n) is 4.19. The number of amides is 1. The van der Waals surface area contributed by atoms with Gasteiger partial charge < -0.3 is 10.1 Å². The topological polar surface area (TPSA) is 62.1 Å². The maximum Gasteiger partial charge on any atom is 0.251 e. The van der Waals surface area contributed by atoms with Gasteiger partial charge in [0.1, 0.15) is 5.75 Å². The molecule has 0 saturated carbocycles.